The number of benzene rings is 2. The summed E-state index contributed by atoms with van der Waals surface area (Å²) in [4.78, 5) is 18.9. The second-order valence-corrected chi connectivity index (χ2v) is 8.04. The zero-order valence-electron chi connectivity index (χ0n) is 17.0. The molecule has 6 heteroatoms. The molecule has 2 heterocycles. The molecule has 1 aliphatic rings. The van der Waals surface area contributed by atoms with E-state index in [2.05, 4.69) is 40.8 Å². The number of carbonyl (C=O) groups is 1. The smallest absolute Gasteiger partial charge is 0.317 e. The predicted molar refractivity (Wildman–Crippen MR) is 112 cm³/mol. The van der Waals surface area contributed by atoms with E-state index in [4.69, 9.17) is 0 Å². The summed E-state index contributed by atoms with van der Waals surface area (Å²) in [6.07, 6.45) is 3.90. The van der Waals surface area contributed by atoms with Gasteiger partial charge in [-0.05, 0) is 73.6 Å². The number of nitrogens with zero attached hydrogens (tertiary/aromatic N) is 3. The number of hydrogen-bond donors (Lipinski definition) is 1. The van der Waals surface area contributed by atoms with Crippen LogP contribution in [0.2, 0.25) is 0 Å². The molecule has 0 atom stereocenters. The summed E-state index contributed by atoms with van der Waals surface area (Å²) in [6.45, 7) is 7.11. The number of imidazole rings is 1. The highest BCUT2D eigenvalue weighted by molar-refractivity contribution is 5.77. The maximum Gasteiger partial charge on any atom is 0.317 e. The number of halogens is 1. The maximum absolute atomic E-state index is 13.0. The van der Waals surface area contributed by atoms with Crippen LogP contribution in [0.3, 0.4) is 0 Å². The van der Waals surface area contributed by atoms with Gasteiger partial charge in [0.1, 0.15) is 5.82 Å². The number of aryl methyl sites for hydroxylation is 2. The number of urea groups is 1. The molecule has 1 fully saturated rings. The zero-order chi connectivity index (χ0) is 20.4. The van der Waals surface area contributed by atoms with E-state index in [-0.39, 0.29) is 11.8 Å². The van der Waals surface area contributed by atoms with Crippen LogP contribution in [0.15, 0.2) is 42.7 Å². The highest BCUT2D eigenvalue weighted by atomic mass is 19.1. The molecule has 1 aliphatic heterocycles. The van der Waals surface area contributed by atoms with Crippen LogP contribution in [0.5, 0.6) is 0 Å². The maximum atomic E-state index is 13.0. The Morgan fingerprint density at radius 3 is 2.55 bits per heavy atom. The molecule has 29 heavy (non-hydrogen) atoms. The molecule has 0 unspecified atom stereocenters. The number of nitrogens with one attached hydrogen (secondary N) is 1. The van der Waals surface area contributed by atoms with Gasteiger partial charge in [-0.2, -0.15) is 0 Å². The highest BCUT2D eigenvalue weighted by Crippen LogP contribution is 2.23. The molecule has 3 aromatic rings. The summed E-state index contributed by atoms with van der Waals surface area (Å²) >= 11 is 0. The van der Waals surface area contributed by atoms with Crippen molar-refractivity contribution < 1.29 is 9.18 Å². The third-order valence-electron chi connectivity index (χ3n) is 5.95. The van der Waals surface area contributed by atoms with Gasteiger partial charge in [0.2, 0.25) is 0 Å². The number of piperidine rings is 1. The van der Waals surface area contributed by atoms with Crippen LogP contribution < -0.4 is 5.32 Å². The first-order chi connectivity index (χ1) is 14.0. The van der Waals surface area contributed by atoms with Gasteiger partial charge in [0.25, 0.3) is 0 Å². The molecule has 152 valence electrons. The molecule has 1 N–H and O–H groups in total. The van der Waals surface area contributed by atoms with Crippen LogP contribution >= 0.6 is 0 Å². The van der Waals surface area contributed by atoms with Crippen molar-refractivity contribution in [2.45, 2.75) is 39.8 Å². The summed E-state index contributed by atoms with van der Waals surface area (Å²) in [5, 5.41) is 2.93. The molecular weight excluding hydrogens is 367 g/mol. The normalized spacial score (nSPS) is 15.1. The largest absolute Gasteiger partial charge is 0.334 e. The first-order valence-electron chi connectivity index (χ1n) is 10.2. The summed E-state index contributed by atoms with van der Waals surface area (Å²) < 4.78 is 15.2. The van der Waals surface area contributed by atoms with E-state index in [1.807, 2.05) is 11.2 Å². The molecule has 0 bridgehead atoms. The van der Waals surface area contributed by atoms with E-state index in [0.29, 0.717) is 12.5 Å². The van der Waals surface area contributed by atoms with Gasteiger partial charge in [0, 0.05) is 26.2 Å². The Labute approximate surface area is 170 Å². The molecule has 0 aliphatic carbocycles. The molecule has 0 spiro atoms. The van der Waals surface area contributed by atoms with E-state index < -0.39 is 0 Å². The van der Waals surface area contributed by atoms with Crippen molar-refractivity contribution in [3.8, 4) is 0 Å². The summed E-state index contributed by atoms with van der Waals surface area (Å²) in [5.74, 6) is 0.272. The van der Waals surface area contributed by atoms with Crippen LogP contribution in [0.4, 0.5) is 9.18 Å². The van der Waals surface area contributed by atoms with Crippen molar-refractivity contribution in [3.05, 3.63) is 65.2 Å². The van der Waals surface area contributed by atoms with Gasteiger partial charge in [0.15, 0.2) is 0 Å². The Balaban J connectivity index is 1.29. The number of likely N-dealkylation sites (tertiary alicyclic amines) is 1. The Kier molecular flexibility index (Phi) is 5.51. The Morgan fingerprint density at radius 1 is 1.14 bits per heavy atom. The second kappa shape index (κ2) is 8.23. The van der Waals surface area contributed by atoms with Gasteiger partial charge >= 0.3 is 6.03 Å². The quantitative estimate of drug-likeness (QED) is 0.712. The van der Waals surface area contributed by atoms with Crippen LogP contribution in [-0.2, 0) is 13.1 Å². The number of aromatic nitrogens is 2. The number of fused-ring (bicyclic) bond motifs is 1. The van der Waals surface area contributed by atoms with Crippen LogP contribution in [0.1, 0.15) is 29.5 Å². The molecule has 4 rings (SSSR count). The average molecular weight is 394 g/mol. The second-order valence-electron chi connectivity index (χ2n) is 8.04. The molecule has 2 aromatic carbocycles. The Hall–Kier alpha value is -2.89. The summed E-state index contributed by atoms with van der Waals surface area (Å²) in [7, 11) is 0. The topological polar surface area (TPSA) is 50.2 Å². The van der Waals surface area contributed by atoms with Crippen molar-refractivity contribution in [1.82, 2.24) is 19.8 Å². The summed E-state index contributed by atoms with van der Waals surface area (Å²) in [5.41, 5.74) is 5.68. The minimum Gasteiger partial charge on any atom is -0.334 e. The molecular formula is C23H27FN4O. The fourth-order valence-corrected chi connectivity index (χ4v) is 3.95. The van der Waals surface area contributed by atoms with Gasteiger partial charge < -0.3 is 14.8 Å². The number of amides is 2. The Bertz CT molecular complexity index is 1000. The lowest BCUT2D eigenvalue weighted by Gasteiger charge is -2.32. The van der Waals surface area contributed by atoms with Crippen molar-refractivity contribution in [3.63, 3.8) is 0 Å². The van der Waals surface area contributed by atoms with Crippen LogP contribution in [0.25, 0.3) is 11.0 Å². The van der Waals surface area contributed by atoms with Gasteiger partial charge in [-0.3, -0.25) is 0 Å². The van der Waals surface area contributed by atoms with E-state index in [1.54, 1.807) is 12.1 Å². The first kappa shape index (κ1) is 19.4. The standard InChI is InChI=1S/C23H27FN4O/c1-16-11-21-22(12-17(16)2)28(15-26-21)14-19-7-9-27(10-8-19)23(29)25-13-18-3-5-20(24)6-4-18/h3-6,11-12,15,19H,7-10,13-14H2,1-2H3,(H,25,29). The van der Waals surface area contributed by atoms with Gasteiger partial charge in [-0.15, -0.1) is 0 Å². The monoisotopic (exact) mass is 394 g/mol. The van der Waals surface area contributed by atoms with Crippen molar-refractivity contribution in [1.29, 1.82) is 0 Å². The first-order valence-corrected chi connectivity index (χ1v) is 10.2. The molecule has 1 saturated heterocycles. The van der Waals surface area contributed by atoms with Crippen molar-refractivity contribution in [2.75, 3.05) is 13.1 Å². The average Bonchev–Trinajstić information content (AvgIpc) is 3.09. The lowest BCUT2D eigenvalue weighted by Crippen LogP contribution is -2.44. The highest BCUT2D eigenvalue weighted by Gasteiger charge is 2.23. The van der Waals surface area contributed by atoms with E-state index >= 15 is 0 Å². The van der Waals surface area contributed by atoms with Crippen LogP contribution in [-0.4, -0.2) is 33.6 Å². The van der Waals surface area contributed by atoms with Gasteiger partial charge in [0.05, 0.1) is 17.4 Å². The predicted octanol–water partition coefficient (Wildman–Crippen LogP) is 4.41. The van der Waals surface area contributed by atoms with E-state index in [0.717, 1.165) is 43.6 Å². The molecule has 0 radical (unpaired) electrons. The fraction of sp³-hybridized carbons (Fsp3) is 0.391. The third-order valence-corrected chi connectivity index (χ3v) is 5.95. The minimum atomic E-state index is -0.266. The zero-order valence-corrected chi connectivity index (χ0v) is 17.0. The fourth-order valence-electron chi connectivity index (χ4n) is 3.95. The number of carbonyl (C=O) groups excluding carboxylic acids is 1. The molecule has 1 aromatic heterocycles. The number of rotatable bonds is 4. The van der Waals surface area contributed by atoms with Gasteiger partial charge in [-0.25, -0.2) is 14.2 Å². The van der Waals surface area contributed by atoms with E-state index in [9.17, 15) is 9.18 Å². The van der Waals surface area contributed by atoms with E-state index in [1.165, 1.54) is 28.8 Å². The molecule has 5 nitrogen and oxygen atoms in total. The third kappa shape index (κ3) is 4.42. The summed E-state index contributed by atoms with van der Waals surface area (Å²) in [6, 6.07) is 10.5. The van der Waals surface area contributed by atoms with Crippen molar-refractivity contribution in [2.24, 2.45) is 5.92 Å². The lowest BCUT2D eigenvalue weighted by molar-refractivity contribution is 0.165. The Morgan fingerprint density at radius 2 is 1.83 bits per heavy atom. The van der Waals surface area contributed by atoms with Gasteiger partial charge in [-0.1, -0.05) is 12.1 Å². The minimum absolute atomic E-state index is 0.0491. The SMILES string of the molecule is Cc1cc2ncn(CC3CCN(C(=O)NCc4ccc(F)cc4)CC3)c2cc1C. The molecule has 2 amide bonds. The van der Waals surface area contributed by atoms with Crippen LogP contribution in [0, 0.1) is 25.6 Å². The van der Waals surface area contributed by atoms with Crippen molar-refractivity contribution >= 4 is 17.1 Å². The lowest BCUT2D eigenvalue weighted by atomic mass is 9.97. The number of hydrogen-bond acceptors (Lipinski definition) is 2. The molecule has 0 saturated carbocycles.